The monoisotopic (exact) mass is 360 g/mol. The molecule has 4 heterocycles. The molecule has 0 unspecified atom stereocenters. The number of aromatic nitrogens is 1. The van der Waals surface area contributed by atoms with Crippen molar-refractivity contribution in [2.75, 3.05) is 13.1 Å². The number of likely N-dealkylation sites (tertiary alicyclic amines) is 1. The number of thiophene rings is 1. The van der Waals surface area contributed by atoms with Crippen LogP contribution < -0.4 is 0 Å². The summed E-state index contributed by atoms with van der Waals surface area (Å²) in [5.74, 6) is 1.62. The van der Waals surface area contributed by atoms with E-state index in [0.717, 1.165) is 31.1 Å². The molecule has 130 valence electrons. The third-order valence-corrected chi connectivity index (χ3v) is 6.30. The van der Waals surface area contributed by atoms with Crippen LogP contribution in [0.1, 0.15) is 23.7 Å². The molecule has 1 fully saturated rings. The Balaban J connectivity index is 1.36. The van der Waals surface area contributed by atoms with Crippen LogP contribution in [0, 0.1) is 0 Å². The van der Waals surface area contributed by atoms with Crippen molar-refractivity contribution in [2.24, 2.45) is 0 Å². The lowest BCUT2D eigenvalue weighted by molar-refractivity contribution is 0.294. The van der Waals surface area contributed by atoms with Crippen molar-refractivity contribution in [2.45, 2.75) is 18.9 Å². The summed E-state index contributed by atoms with van der Waals surface area (Å²) < 4.78 is 6.81. The molecule has 1 atom stereocenters. The average Bonchev–Trinajstić information content (AvgIpc) is 3.43. The summed E-state index contributed by atoms with van der Waals surface area (Å²) in [6, 6.07) is 19.3. The van der Waals surface area contributed by atoms with Gasteiger partial charge in [-0.2, -0.15) is 0 Å². The van der Waals surface area contributed by atoms with Gasteiger partial charge in [0.2, 0.25) is 0 Å². The Hall–Kier alpha value is -2.43. The normalized spacial score (nSPS) is 17.9. The van der Waals surface area contributed by atoms with Crippen LogP contribution in [0.3, 0.4) is 0 Å². The molecular formula is C22H20N2OS. The molecular weight excluding hydrogens is 340 g/mol. The molecule has 5 rings (SSSR count). The quantitative estimate of drug-likeness (QED) is 0.478. The lowest BCUT2D eigenvalue weighted by atomic mass is 9.98. The van der Waals surface area contributed by atoms with Gasteiger partial charge >= 0.3 is 0 Å². The van der Waals surface area contributed by atoms with Crippen LogP contribution in [0.4, 0.5) is 0 Å². The standard InChI is InChI=1S/C22H20N2OS/c1-2-6-21-17(4-1)13-22(26-21)20-12-16(7-9-23-20)18-8-10-24(14-18)15-19-5-3-11-25-19/h1-7,9,11-13,18H,8,10,14-15H2/t18-/m1/s1. The summed E-state index contributed by atoms with van der Waals surface area (Å²) >= 11 is 1.82. The van der Waals surface area contributed by atoms with Gasteiger partial charge in [-0.15, -0.1) is 11.3 Å². The molecule has 1 aliphatic heterocycles. The highest BCUT2D eigenvalue weighted by Crippen LogP contribution is 2.35. The lowest BCUT2D eigenvalue weighted by Crippen LogP contribution is -2.19. The summed E-state index contributed by atoms with van der Waals surface area (Å²) in [5, 5.41) is 1.30. The second kappa shape index (κ2) is 6.71. The molecule has 0 radical (unpaired) electrons. The van der Waals surface area contributed by atoms with Crippen LogP contribution in [0.15, 0.2) is 71.5 Å². The first-order chi connectivity index (χ1) is 12.8. The molecule has 1 aliphatic rings. The molecule has 4 aromatic rings. The van der Waals surface area contributed by atoms with E-state index in [-0.39, 0.29) is 0 Å². The summed E-state index contributed by atoms with van der Waals surface area (Å²) in [5.41, 5.74) is 2.49. The maximum atomic E-state index is 5.49. The molecule has 1 aromatic carbocycles. The molecule has 0 amide bonds. The number of rotatable bonds is 4. The topological polar surface area (TPSA) is 29.3 Å². The number of fused-ring (bicyclic) bond motifs is 1. The van der Waals surface area contributed by atoms with Gasteiger partial charge in [-0.25, -0.2) is 0 Å². The Morgan fingerprint density at radius 3 is 2.96 bits per heavy atom. The number of benzene rings is 1. The summed E-state index contributed by atoms with van der Waals surface area (Å²) in [6.45, 7) is 3.10. The predicted octanol–water partition coefficient (Wildman–Crippen LogP) is 5.55. The minimum absolute atomic E-state index is 0.570. The molecule has 0 bridgehead atoms. The molecule has 0 aliphatic carbocycles. The molecule has 0 N–H and O–H groups in total. The van der Waals surface area contributed by atoms with E-state index in [0.29, 0.717) is 5.92 Å². The highest BCUT2D eigenvalue weighted by molar-refractivity contribution is 7.22. The fourth-order valence-electron chi connectivity index (χ4n) is 3.81. The summed E-state index contributed by atoms with van der Waals surface area (Å²) in [7, 11) is 0. The second-order valence-electron chi connectivity index (χ2n) is 6.92. The van der Waals surface area contributed by atoms with E-state index < -0.39 is 0 Å². The van der Waals surface area contributed by atoms with Crippen molar-refractivity contribution >= 4 is 21.4 Å². The van der Waals surface area contributed by atoms with E-state index in [4.69, 9.17) is 4.42 Å². The van der Waals surface area contributed by atoms with E-state index >= 15 is 0 Å². The van der Waals surface area contributed by atoms with Crippen molar-refractivity contribution in [3.63, 3.8) is 0 Å². The van der Waals surface area contributed by atoms with E-state index in [1.807, 2.05) is 23.6 Å². The molecule has 0 spiro atoms. The highest BCUT2D eigenvalue weighted by atomic mass is 32.1. The SMILES string of the molecule is c1coc(CN2CC[C@@H](c3ccnc(-c4cc5ccccc5s4)c3)C2)c1. The second-order valence-corrected chi connectivity index (χ2v) is 8.01. The van der Waals surface area contributed by atoms with Gasteiger partial charge in [0.15, 0.2) is 0 Å². The van der Waals surface area contributed by atoms with Crippen molar-refractivity contribution in [3.05, 3.63) is 78.4 Å². The Labute approximate surface area is 156 Å². The van der Waals surface area contributed by atoms with Gasteiger partial charge in [-0.3, -0.25) is 9.88 Å². The van der Waals surface area contributed by atoms with Crippen molar-refractivity contribution in [3.8, 4) is 10.6 Å². The van der Waals surface area contributed by atoms with Crippen LogP contribution in [-0.4, -0.2) is 23.0 Å². The minimum atomic E-state index is 0.570. The van der Waals surface area contributed by atoms with Crippen LogP contribution in [-0.2, 0) is 6.54 Å². The van der Waals surface area contributed by atoms with E-state index in [2.05, 4.69) is 58.4 Å². The molecule has 1 saturated heterocycles. The third-order valence-electron chi connectivity index (χ3n) is 5.17. The van der Waals surface area contributed by atoms with E-state index in [1.165, 1.54) is 26.9 Å². The van der Waals surface area contributed by atoms with Crippen LogP contribution in [0.2, 0.25) is 0 Å². The first-order valence-corrected chi connectivity index (χ1v) is 9.86. The number of pyridine rings is 1. The fourth-order valence-corrected chi connectivity index (χ4v) is 4.85. The van der Waals surface area contributed by atoms with Gasteiger partial charge in [-0.05, 0) is 66.2 Å². The first kappa shape index (κ1) is 15.8. The molecule has 4 heteroatoms. The van der Waals surface area contributed by atoms with Crippen LogP contribution in [0.5, 0.6) is 0 Å². The van der Waals surface area contributed by atoms with Gasteiger partial charge in [-0.1, -0.05) is 18.2 Å². The lowest BCUT2D eigenvalue weighted by Gasteiger charge is -2.15. The van der Waals surface area contributed by atoms with Crippen molar-refractivity contribution < 1.29 is 4.42 Å². The minimum Gasteiger partial charge on any atom is -0.468 e. The van der Waals surface area contributed by atoms with Gasteiger partial charge in [0.05, 0.1) is 23.4 Å². The third kappa shape index (κ3) is 3.06. The Morgan fingerprint density at radius 1 is 1.12 bits per heavy atom. The predicted molar refractivity (Wildman–Crippen MR) is 106 cm³/mol. The summed E-state index contributed by atoms with van der Waals surface area (Å²) in [4.78, 5) is 8.36. The molecule has 0 saturated carbocycles. The zero-order chi connectivity index (χ0) is 17.3. The molecule has 3 nitrogen and oxygen atoms in total. The molecule has 26 heavy (non-hydrogen) atoms. The Kier molecular flexibility index (Phi) is 4.07. The van der Waals surface area contributed by atoms with Gasteiger partial charge in [0.1, 0.15) is 5.76 Å². The maximum absolute atomic E-state index is 5.49. The fraction of sp³-hybridized carbons (Fsp3) is 0.227. The number of furan rings is 1. The largest absolute Gasteiger partial charge is 0.468 e. The zero-order valence-corrected chi connectivity index (χ0v) is 15.3. The Morgan fingerprint density at radius 2 is 2.08 bits per heavy atom. The van der Waals surface area contributed by atoms with Crippen LogP contribution in [0.25, 0.3) is 20.7 Å². The van der Waals surface area contributed by atoms with Crippen molar-refractivity contribution in [1.82, 2.24) is 9.88 Å². The number of hydrogen-bond donors (Lipinski definition) is 0. The highest BCUT2D eigenvalue weighted by Gasteiger charge is 2.25. The Bertz CT molecular complexity index is 989. The summed E-state index contributed by atoms with van der Waals surface area (Å²) in [6.07, 6.45) is 4.91. The number of hydrogen-bond acceptors (Lipinski definition) is 4. The smallest absolute Gasteiger partial charge is 0.117 e. The van der Waals surface area contributed by atoms with Gasteiger partial charge in [0, 0.05) is 17.4 Å². The van der Waals surface area contributed by atoms with Gasteiger partial charge < -0.3 is 4.42 Å². The number of nitrogens with zero attached hydrogens (tertiary/aromatic N) is 2. The van der Waals surface area contributed by atoms with Gasteiger partial charge in [0.25, 0.3) is 0 Å². The maximum Gasteiger partial charge on any atom is 0.117 e. The average molecular weight is 360 g/mol. The van der Waals surface area contributed by atoms with E-state index in [9.17, 15) is 0 Å². The zero-order valence-electron chi connectivity index (χ0n) is 14.5. The first-order valence-electron chi connectivity index (χ1n) is 9.05. The van der Waals surface area contributed by atoms with E-state index in [1.54, 1.807) is 6.26 Å². The van der Waals surface area contributed by atoms with Crippen LogP contribution >= 0.6 is 11.3 Å². The van der Waals surface area contributed by atoms with Crippen molar-refractivity contribution in [1.29, 1.82) is 0 Å². The molecule has 3 aromatic heterocycles.